The average Bonchev–Trinajstić information content (AvgIpc) is 3.14. The number of nitrogens with one attached hydrogen (secondary N) is 1. The number of rotatable bonds is 9. The second-order valence-electron chi connectivity index (χ2n) is 9.56. The number of carbonyl (C=O) groups excluding carboxylic acids is 2. The Morgan fingerprint density at radius 2 is 1.77 bits per heavy atom. The summed E-state index contributed by atoms with van der Waals surface area (Å²) < 4.78 is 10.8. The van der Waals surface area contributed by atoms with E-state index in [2.05, 4.69) is 5.32 Å². The SMILES string of the molecule is COc1ccc(CCN2C(=S)N(c3cc(C)ccc3C)C(=O)[C@@H]2CC(=O)Nc2cccc(Cl)c2C)cc1OC. The molecule has 1 saturated heterocycles. The predicted octanol–water partition coefficient (Wildman–Crippen LogP) is 5.86. The van der Waals surface area contributed by atoms with Crippen LogP contribution >= 0.6 is 23.8 Å². The number of anilines is 2. The number of thiocarbonyl (C=S) groups is 1. The van der Waals surface area contributed by atoms with Gasteiger partial charge in [0.2, 0.25) is 5.91 Å². The van der Waals surface area contributed by atoms with Gasteiger partial charge < -0.3 is 19.7 Å². The number of aryl methyl sites for hydroxylation is 2. The lowest BCUT2D eigenvalue weighted by Gasteiger charge is -2.24. The summed E-state index contributed by atoms with van der Waals surface area (Å²) in [5.74, 6) is 0.749. The molecule has 3 aromatic rings. The minimum absolute atomic E-state index is 0.0573. The maximum absolute atomic E-state index is 13.9. The summed E-state index contributed by atoms with van der Waals surface area (Å²) in [5, 5.41) is 3.86. The molecule has 2 amide bonds. The summed E-state index contributed by atoms with van der Waals surface area (Å²) in [5.41, 5.74) is 5.05. The van der Waals surface area contributed by atoms with Gasteiger partial charge in [0.05, 0.1) is 26.3 Å². The van der Waals surface area contributed by atoms with Gasteiger partial charge >= 0.3 is 0 Å². The second kappa shape index (κ2) is 12.1. The van der Waals surface area contributed by atoms with Gasteiger partial charge in [-0.05, 0) is 92.0 Å². The molecule has 1 atom stereocenters. The van der Waals surface area contributed by atoms with E-state index in [1.165, 1.54) is 0 Å². The number of amides is 2. The van der Waals surface area contributed by atoms with Crippen molar-refractivity contribution in [2.24, 2.45) is 0 Å². The first-order valence-electron chi connectivity index (χ1n) is 12.6. The minimum Gasteiger partial charge on any atom is -0.493 e. The van der Waals surface area contributed by atoms with Crippen molar-refractivity contribution in [3.05, 3.63) is 81.9 Å². The van der Waals surface area contributed by atoms with Gasteiger partial charge in [-0.15, -0.1) is 0 Å². The Balaban J connectivity index is 1.62. The van der Waals surface area contributed by atoms with Gasteiger partial charge in [0.25, 0.3) is 5.91 Å². The molecule has 39 heavy (non-hydrogen) atoms. The molecule has 1 aliphatic rings. The second-order valence-corrected chi connectivity index (χ2v) is 10.3. The smallest absolute Gasteiger partial charge is 0.256 e. The molecule has 3 aromatic carbocycles. The number of halogens is 1. The van der Waals surface area contributed by atoms with Gasteiger partial charge in [-0.1, -0.05) is 35.9 Å². The van der Waals surface area contributed by atoms with Crippen molar-refractivity contribution < 1.29 is 19.1 Å². The van der Waals surface area contributed by atoms with Crippen molar-refractivity contribution in [3.8, 4) is 11.5 Å². The highest BCUT2D eigenvalue weighted by Crippen LogP contribution is 2.32. The molecule has 0 spiro atoms. The van der Waals surface area contributed by atoms with Crippen LogP contribution in [0.1, 0.15) is 28.7 Å². The maximum Gasteiger partial charge on any atom is 0.256 e. The topological polar surface area (TPSA) is 71.1 Å². The molecule has 0 saturated carbocycles. The molecule has 7 nitrogen and oxygen atoms in total. The summed E-state index contributed by atoms with van der Waals surface area (Å²) in [6.45, 7) is 6.20. The summed E-state index contributed by atoms with van der Waals surface area (Å²) in [4.78, 5) is 30.5. The zero-order valence-electron chi connectivity index (χ0n) is 22.7. The van der Waals surface area contributed by atoms with Crippen LogP contribution in [0, 0.1) is 20.8 Å². The van der Waals surface area contributed by atoms with Gasteiger partial charge in [-0.2, -0.15) is 0 Å². The van der Waals surface area contributed by atoms with Crippen molar-refractivity contribution in [2.75, 3.05) is 31.0 Å². The number of hydrogen-bond donors (Lipinski definition) is 1. The molecule has 0 radical (unpaired) electrons. The normalized spacial score (nSPS) is 15.1. The third kappa shape index (κ3) is 6.02. The van der Waals surface area contributed by atoms with Crippen molar-refractivity contribution in [1.29, 1.82) is 0 Å². The molecule has 4 rings (SSSR count). The van der Waals surface area contributed by atoms with E-state index in [0.717, 1.165) is 27.9 Å². The highest BCUT2D eigenvalue weighted by molar-refractivity contribution is 7.80. The van der Waals surface area contributed by atoms with Crippen LogP contribution in [0.4, 0.5) is 11.4 Å². The van der Waals surface area contributed by atoms with Crippen LogP contribution in [0.3, 0.4) is 0 Å². The summed E-state index contributed by atoms with van der Waals surface area (Å²) in [6.07, 6.45) is 0.526. The fraction of sp³-hybridized carbons (Fsp3) is 0.300. The fourth-order valence-electron chi connectivity index (χ4n) is 4.67. The maximum atomic E-state index is 13.9. The molecular formula is C30H32ClN3O4S. The molecule has 0 unspecified atom stereocenters. The quantitative estimate of drug-likeness (QED) is 0.328. The number of carbonyl (C=O) groups is 2. The van der Waals surface area contributed by atoms with E-state index in [4.69, 9.17) is 33.3 Å². The lowest BCUT2D eigenvalue weighted by molar-refractivity contribution is -0.124. The molecule has 1 N–H and O–H groups in total. The average molecular weight is 566 g/mol. The first kappa shape index (κ1) is 28.4. The van der Waals surface area contributed by atoms with Crippen LogP contribution in [0.2, 0.25) is 5.02 Å². The molecule has 9 heteroatoms. The van der Waals surface area contributed by atoms with Crippen LogP contribution in [0.5, 0.6) is 11.5 Å². The van der Waals surface area contributed by atoms with E-state index >= 15 is 0 Å². The summed E-state index contributed by atoms with van der Waals surface area (Å²) >= 11 is 12.1. The number of hydrogen-bond acceptors (Lipinski definition) is 5. The summed E-state index contributed by atoms with van der Waals surface area (Å²) in [7, 11) is 3.18. The first-order chi connectivity index (χ1) is 18.6. The molecule has 1 fully saturated rings. The van der Waals surface area contributed by atoms with E-state index in [1.807, 2.05) is 62.1 Å². The zero-order chi connectivity index (χ0) is 28.3. The van der Waals surface area contributed by atoms with Crippen molar-refractivity contribution >= 4 is 52.1 Å². The lowest BCUT2D eigenvalue weighted by atomic mass is 10.1. The Morgan fingerprint density at radius 1 is 1.03 bits per heavy atom. The highest BCUT2D eigenvalue weighted by atomic mass is 35.5. The van der Waals surface area contributed by atoms with E-state index in [0.29, 0.717) is 40.3 Å². The number of nitrogens with zero attached hydrogens (tertiary/aromatic N) is 2. The first-order valence-corrected chi connectivity index (χ1v) is 13.4. The van der Waals surface area contributed by atoms with Crippen LogP contribution < -0.4 is 19.7 Å². The Kier molecular flexibility index (Phi) is 8.77. The number of methoxy groups -OCH3 is 2. The largest absolute Gasteiger partial charge is 0.493 e. The fourth-order valence-corrected chi connectivity index (χ4v) is 5.26. The zero-order valence-corrected chi connectivity index (χ0v) is 24.3. The van der Waals surface area contributed by atoms with Crippen LogP contribution in [-0.2, 0) is 16.0 Å². The van der Waals surface area contributed by atoms with Crippen molar-refractivity contribution in [3.63, 3.8) is 0 Å². The Morgan fingerprint density at radius 3 is 2.49 bits per heavy atom. The molecule has 0 aliphatic carbocycles. The van der Waals surface area contributed by atoms with Gasteiger partial charge in [0, 0.05) is 17.3 Å². The Labute approximate surface area is 239 Å². The Bertz CT molecular complexity index is 1430. The van der Waals surface area contributed by atoms with Crippen LogP contribution in [0.15, 0.2) is 54.6 Å². The molecule has 0 aromatic heterocycles. The number of benzene rings is 3. The third-order valence-corrected chi connectivity index (χ3v) is 7.76. The molecular weight excluding hydrogens is 534 g/mol. The van der Waals surface area contributed by atoms with Crippen LogP contribution in [-0.4, -0.2) is 48.6 Å². The standard InChI is InChI=1S/C30H32ClN3O4S/c1-18-9-10-19(2)24(15-18)34-29(36)25(17-28(35)32-23-8-6-7-22(31)20(23)3)33(30(34)39)14-13-21-11-12-26(37-4)27(16-21)38-5/h6-12,15-16,25H,13-14,17H2,1-5H3,(H,32,35)/t25-/m0/s1. The molecule has 204 valence electrons. The predicted molar refractivity (Wildman–Crippen MR) is 159 cm³/mol. The van der Waals surface area contributed by atoms with E-state index in [-0.39, 0.29) is 18.2 Å². The van der Waals surface area contributed by atoms with E-state index in [1.54, 1.807) is 37.3 Å². The van der Waals surface area contributed by atoms with Gasteiger partial charge in [-0.25, -0.2) is 0 Å². The Hall–Kier alpha value is -3.62. The third-order valence-electron chi connectivity index (χ3n) is 6.93. The van der Waals surface area contributed by atoms with Crippen molar-refractivity contribution in [2.45, 2.75) is 39.7 Å². The molecule has 0 bridgehead atoms. The lowest BCUT2D eigenvalue weighted by Crippen LogP contribution is -2.39. The number of ether oxygens (including phenoxy) is 2. The van der Waals surface area contributed by atoms with E-state index < -0.39 is 6.04 Å². The molecule has 1 aliphatic heterocycles. The van der Waals surface area contributed by atoms with Gasteiger partial charge in [-0.3, -0.25) is 14.5 Å². The highest BCUT2D eigenvalue weighted by Gasteiger charge is 2.44. The van der Waals surface area contributed by atoms with Gasteiger partial charge in [0.15, 0.2) is 16.6 Å². The van der Waals surface area contributed by atoms with Crippen LogP contribution in [0.25, 0.3) is 0 Å². The summed E-state index contributed by atoms with van der Waals surface area (Å²) in [6, 6.07) is 16.2. The molecule has 1 heterocycles. The van der Waals surface area contributed by atoms with Gasteiger partial charge in [0.1, 0.15) is 6.04 Å². The monoisotopic (exact) mass is 565 g/mol. The van der Waals surface area contributed by atoms with E-state index in [9.17, 15) is 9.59 Å². The van der Waals surface area contributed by atoms with Crippen molar-refractivity contribution in [1.82, 2.24) is 4.90 Å². The minimum atomic E-state index is -0.753.